The van der Waals surface area contributed by atoms with E-state index in [1.807, 2.05) is 54.2 Å². The average Bonchev–Trinajstić information content (AvgIpc) is 2.56. The third-order valence-electron chi connectivity index (χ3n) is 3.93. The number of carbonyl (C=O) groups excluding carboxylic acids is 1. The van der Waals surface area contributed by atoms with Crippen molar-refractivity contribution < 1.29 is 9.53 Å². The lowest BCUT2D eigenvalue weighted by atomic mass is 9.92. The van der Waals surface area contributed by atoms with Crippen molar-refractivity contribution in [2.45, 2.75) is 17.6 Å². The standard InChI is InChI=1S/C18H18O2S/c1-20-15-9-7-13(8-10-15)16-12-21-18(11-17(16)19)14-5-3-2-4-6-14/h2-10,16,18H,11-12H2,1H3. The number of methoxy groups -OCH3 is 1. The van der Waals surface area contributed by atoms with Crippen LogP contribution in [0.15, 0.2) is 54.6 Å². The first-order valence-corrected chi connectivity index (χ1v) is 8.16. The number of ketones is 1. The predicted octanol–water partition coefficient (Wildman–Crippen LogP) is 4.23. The number of carbonyl (C=O) groups is 1. The summed E-state index contributed by atoms with van der Waals surface area (Å²) < 4.78 is 5.17. The lowest BCUT2D eigenvalue weighted by molar-refractivity contribution is -0.120. The van der Waals surface area contributed by atoms with Gasteiger partial charge >= 0.3 is 0 Å². The molecule has 1 saturated heterocycles. The number of hydrogen-bond acceptors (Lipinski definition) is 3. The van der Waals surface area contributed by atoms with Crippen molar-refractivity contribution in [1.82, 2.24) is 0 Å². The van der Waals surface area contributed by atoms with E-state index in [4.69, 9.17) is 4.74 Å². The average molecular weight is 298 g/mol. The fourth-order valence-corrected chi connectivity index (χ4v) is 4.12. The van der Waals surface area contributed by atoms with Crippen molar-refractivity contribution in [3.63, 3.8) is 0 Å². The Kier molecular flexibility index (Phi) is 4.30. The van der Waals surface area contributed by atoms with Crippen molar-refractivity contribution in [1.29, 1.82) is 0 Å². The second kappa shape index (κ2) is 6.35. The first-order chi connectivity index (χ1) is 10.3. The van der Waals surface area contributed by atoms with Crippen LogP contribution in [0.25, 0.3) is 0 Å². The minimum Gasteiger partial charge on any atom is -0.497 e. The molecule has 1 fully saturated rings. The van der Waals surface area contributed by atoms with Crippen LogP contribution in [0.5, 0.6) is 5.75 Å². The van der Waals surface area contributed by atoms with Crippen molar-refractivity contribution in [2.24, 2.45) is 0 Å². The van der Waals surface area contributed by atoms with Gasteiger partial charge in [-0.25, -0.2) is 0 Å². The number of benzene rings is 2. The summed E-state index contributed by atoms with van der Waals surface area (Å²) in [6.45, 7) is 0. The van der Waals surface area contributed by atoms with Gasteiger partial charge in [0.1, 0.15) is 11.5 Å². The molecule has 2 nitrogen and oxygen atoms in total. The second-order valence-electron chi connectivity index (χ2n) is 5.23. The summed E-state index contributed by atoms with van der Waals surface area (Å²) in [4.78, 5) is 12.5. The molecule has 0 spiro atoms. The molecule has 0 saturated carbocycles. The van der Waals surface area contributed by atoms with Gasteiger partial charge in [-0.05, 0) is 23.3 Å². The van der Waals surface area contributed by atoms with E-state index in [9.17, 15) is 4.79 Å². The summed E-state index contributed by atoms with van der Waals surface area (Å²) >= 11 is 1.88. The van der Waals surface area contributed by atoms with E-state index in [1.54, 1.807) is 7.11 Å². The van der Waals surface area contributed by atoms with Crippen LogP contribution in [-0.4, -0.2) is 18.6 Å². The van der Waals surface area contributed by atoms with E-state index in [-0.39, 0.29) is 5.92 Å². The highest BCUT2D eigenvalue weighted by Gasteiger charge is 2.30. The molecule has 108 valence electrons. The quantitative estimate of drug-likeness (QED) is 0.848. The van der Waals surface area contributed by atoms with Crippen molar-refractivity contribution in [2.75, 3.05) is 12.9 Å². The van der Waals surface area contributed by atoms with Gasteiger partial charge in [0.2, 0.25) is 0 Å². The first kappa shape index (κ1) is 14.2. The van der Waals surface area contributed by atoms with Gasteiger partial charge in [-0.2, -0.15) is 11.8 Å². The Morgan fingerprint density at radius 1 is 1.00 bits per heavy atom. The van der Waals surface area contributed by atoms with Gasteiger partial charge in [0.05, 0.1) is 13.0 Å². The van der Waals surface area contributed by atoms with Gasteiger partial charge < -0.3 is 4.74 Å². The molecule has 0 aromatic heterocycles. The third kappa shape index (κ3) is 3.13. The Morgan fingerprint density at radius 2 is 1.71 bits per heavy atom. The highest BCUT2D eigenvalue weighted by molar-refractivity contribution is 7.99. The zero-order valence-electron chi connectivity index (χ0n) is 12.0. The largest absolute Gasteiger partial charge is 0.497 e. The highest BCUT2D eigenvalue weighted by Crippen LogP contribution is 2.42. The summed E-state index contributed by atoms with van der Waals surface area (Å²) in [5, 5.41) is 0.299. The molecule has 1 heterocycles. The number of hydrogen-bond donors (Lipinski definition) is 0. The van der Waals surface area contributed by atoms with Crippen LogP contribution >= 0.6 is 11.8 Å². The predicted molar refractivity (Wildman–Crippen MR) is 87.0 cm³/mol. The van der Waals surface area contributed by atoms with Crippen molar-refractivity contribution in [3.05, 3.63) is 65.7 Å². The highest BCUT2D eigenvalue weighted by atomic mass is 32.2. The minimum atomic E-state index is 0.0147. The van der Waals surface area contributed by atoms with Crippen LogP contribution < -0.4 is 4.74 Å². The summed E-state index contributed by atoms with van der Waals surface area (Å²) in [5.41, 5.74) is 2.35. The molecule has 0 aliphatic carbocycles. The normalized spacial score (nSPS) is 22.0. The third-order valence-corrected chi connectivity index (χ3v) is 5.30. The van der Waals surface area contributed by atoms with Gasteiger partial charge in [0.25, 0.3) is 0 Å². The smallest absolute Gasteiger partial charge is 0.142 e. The Labute approximate surface area is 129 Å². The zero-order valence-corrected chi connectivity index (χ0v) is 12.8. The lowest BCUT2D eigenvalue weighted by Gasteiger charge is -2.27. The molecule has 0 bridgehead atoms. The van der Waals surface area contributed by atoms with Gasteiger partial charge in [0, 0.05) is 17.4 Å². The summed E-state index contributed by atoms with van der Waals surface area (Å²) in [6.07, 6.45) is 0.616. The van der Waals surface area contributed by atoms with Crippen LogP contribution in [-0.2, 0) is 4.79 Å². The van der Waals surface area contributed by atoms with E-state index in [2.05, 4.69) is 12.1 Å². The van der Waals surface area contributed by atoms with Crippen LogP contribution in [0.2, 0.25) is 0 Å². The minimum absolute atomic E-state index is 0.0147. The van der Waals surface area contributed by atoms with Crippen LogP contribution in [0.3, 0.4) is 0 Å². The van der Waals surface area contributed by atoms with E-state index < -0.39 is 0 Å². The molecule has 0 N–H and O–H groups in total. The van der Waals surface area contributed by atoms with Gasteiger partial charge in [-0.1, -0.05) is 42.5 Å². The zero-order chi connectivity index (χ0) is 14.7. The number of ether oxygens (including phenoxy) is 1. The molecular formula is C18H18O2S. The van der Waals surface area contributed by atoms with E-state index in [0.717, 1.165) is 17.1 Å². The van der Waals surface area contributed by atoms with Crippen molar-refractivity contribution in [3.8, 4) is 5.75 Å². The lowest BCUT2D eigenvalue weighted by Crippen LogP contribution is -2.22. The maximum absolute atomic E-state index is 12.5. The fraction of sp³-hybridized carbons (Fsp3) is 0.278. The maximum atomic E-state index is 12.5. The van der Waals surface area contributed by atoms with Gasteiger partial charge in [-0.3, -0.25) is 4.79 Å². The number of thioether (sulfide) groups is 1. The topological polar surface area (TPSA) is 26.3 Å². The molecule has 0 amide bonds. The second-order valence-corrected chi connectivity index (χ2v) is 6.46. The maximum Gasteiger partial charge on any atom is 0.142 e. The Hall–Kier alpha value is -1.74. The molecule has 1 aliphatic heterocycles. The molecule has 1 aliphatic rings. The fourth-order valence-electron chi connectivity index (χ4n) is 2.69. The van der Waals surface area contributed by atoms with Crippen LogP contribution in [0.1, 0.15) is 28.7 Å². The molecule has 2 unspecified atom stereocenters. The molecule has 21 heavy (non-hydrogen) atoms. The molecule has 3 heteroatoms. The summed E-state index contributed by atoms with van der Waals surface area (Å²) in [6, 6.07) is 18.2. The molecule has 2 aromatic rings. The Balaban J connectivity index is 1.72. The van der Waals surface area contributed by atoms with Crippen molar-refractivity contribution >= 4 is 17.5 Å². The summed E-state index contributed by atoms with van der Waals surface area (Å²) in [5.74, 6) is 2.04. The Morgan fingerprint density at radius 3 is 2.33 bits per heavy atom. The first-order valence-electron chi connectivity index (χ1n) is 7.11. The van der Waals surface area contributed by atoms with Gasteiger partial charge in [-0.15, -0.1) is 0 Å². The van der Waals surface area contributed by atoms with Gasteiger partial charge in [0.15, 0.2) is 0 Å². The van der Waals surface area contributed by atoms with Crippen LogP contribution in [0.4, 0.5) is 0 Å². The number of rotatable bonds is 3. The molecular weight excluding hydrogens is 280 g/mol. The number of Topliss-reactive ketones (excluding diaryl/α,β-unsaturated/α-hetero) is 1. The van der Waals surface area contributed by atoms with E-state index in [0.29, 0.717) is 17.5 Å². The monoisotopic (exact) mass is 298 g/mol. The Bertz CT molecular complexity index is 607. The summed E-state index contributed by atoms with van der Waals surface area (Å²) in [7, 11) is 1.65. The van der Waals surface area contributed by atoms with Crippen LogP contribution in [0, 0.1) is 0 Å². The molecule has 3 rings (SSSR count). The van der Waals surface area contributed by atoms with E-state index in [1.165, 1.54) is 5.56 Å². The van der Waals surface area contributed by atoms with E-state index >= 15 is 0 Å². The SMILES string of the molecule is COc1ccc(C2CSC(c3ccccc3)CC2=O)cc1. The molecule has 0 radical (unpaired) electrons. The molecule has 2 aromatic carbocycles. The molecule has 2 atom stereocenters.